The summed E-state index contributed by atoms with van der Waals surface area (Å²) >= 11 is 0. The first-order chi connectivity index (χ1) is 6.27. The number of benzene rings is 1. The van der Waals surface area contributed by atoms with Crippen LogP contribution in [-0.2, 0) is 12.8 Å². The van der Waals surface area contributed by atoms with Gasteiger partial charge in [-0.1, -0.05) is 58.9 Å². The molecule has 0 nitrogen and oxygen atoms in total. The van der Waals surface area contributed by atoms with Crippen LogP contribution in [0.1, 0.15) is 45.7 Å². The fraction of sp³-hybridized carbons (Fsp3) is 0.571. The summed E-state index contributed by atoms with van der Waals surface area (Å²) in [4.78, 5) is 0. The summed E-state index contributed by atoms with van der Waals surface area (Å²) in [5.41, 5.74) is 3.06. The molecule has 0 aliphatic rings. The summed E-state index contributed by atoms with van der Waals surface area (Å²) in [5.74, 6) is 0.813. The summed E-state index contributed by atoms with van der Waals surface area (Å²) in [6.45, 7) is 6.82. The van der Waals surface area contributed by atoms with Crippen LogP contribution in [0.15, 0.2) is 24.3 Å². The van der Waals surface area contributed by atoms with Gasteiger partial charge in [-0.2, -0.15) is 0 Å². The van der Waals surface area contributed by atoms with E-state index in [0.29, 0.717) is 0 Å². The van der Waals surface area contributed by atoms with E-state index in [0.717, 1.165) is 12.3 Å². The molecule has 0 spiro atoms. The third-order valence-corrected chi connectivity index (χ3v) is 2.76. The molecule has 1 aromatic rings. The van der Waals surface area contributed by atoms with Crippen LogP contribution in [-0.4, -0.2) is 0 Å². The van der Waals surface area contributed by atoms with Crippen LogP contribution in [0.5, 0.6) is 0 Å². The lowest BCUT2D eigenvalue weighted by atomic mass is 9.94. The molecule has 0 aromatic heterocycles. The minimum atomic E-state index is 0. The van der Waals surface area contributed by atoms with Gasteiger partial charge in [0.1, 0.15) is 0 Å². The van der Waals surface area contributed by atoms with Crippen molar-refractivity contribution in [1.29, 1.82) is 0 Å². The largest absolute Gasteiger partial charge is 0.0776 e. The lowest BCUT2D eigenvalue weighted by molar-refractivity contribution is 0.558. The Balaban J connectivity index is 0.00000169. The third-order valence-electron chi connectivity index (χ3n) is 2.76. The third kappa shape index (κ3) is 3.53. The first kappa shape index (κ1) is 13.2. The van der Waals surface area contributed by atoms with E-state index in [2.05, 4.69) is 45.0 Å². The first-order valence-corrected chi connectivity index (χ1v) is 5.34. The minimum absolute atomic E-state index is 0. The van der Waals surface area contributed by atoms with Gasteiger partial charge in [-0.25, -0.2) is 0 Å². The van der Waals surface area contributed by atoms with Crippen LogP contribution in [0.3, 0.4) is 0 Å². The topological polar surface area (TPSA) is 0 Å². The van der Waals surface area contributed by atoms with Gasteiger partial charge in [0.15, 0.2) is 0 Å². The summed E-state index contributed by atoms with van der Waals surface area (Å²) < 4.78 is 0. The Morgan fingerprint density at radius 2 is 1.64 bits per heavy atom. The molecule has 0 heteroatoms. The molecule has 0 amide bonds. The van der Waals surface area contributed by atoms with Crippen LogP contribution < -0.4 is 0 Å². The maximum absolute atomic E-state index is 2.33. The first-order valence-electron chi connectivity index (χ1n) is 5.34. The molecule has 0 fully saturated rings. The summed E-state index contributed by atoms with van der Waals surface area (Å²) in [5, 5.41) is 0. The zero-order valence-corrected chi connectivity index (χ0v) is 9.01. The van der Waals surface area contributed by atoms with Crippen LogP contribution >= 0.6 is 0 Å². The SMILES string of the molecule is C.CCc1ccccc1CC(C)CC. The quantitative estimate of drug-likeness (QED) is 0.660. The Kier molecular flexibility index (Phi) is 6.27. The van der Waals surface area contributed by atoms with Gasteiger partial charge >= 0.3 is 0 Å². The van der Waals surface area contributed by atoms with Gasteiger partial charge in [0.25, 0.3) is 0 Å². The fourth-order valence-corrected chi connectivity index (χ4v) is 1.62. The van der Waals surface area contributed by atoms with E-state index in [1.807, 2.05) is 0 Å². The van der Waals surface area contributed by atoms with Crippen molar-refractivity contribution >= 4 is 0 Å². The predicted octanol–water partition coefficient (Wildman–Crippen LogP) is 4.47. The van der Waals surface area contributed by atoms with E-state index in [4.69, 9.17) is 0 Å². The zero-order valence-electron chi connectivity index (χ0n) is 9.01. The van der Waals surface area contributed by atoms with Crippen LogP contribution in [0.2, 0.25) is 0 Å². The smallest absolute Gasteiger partial charge is 0.0250 e. The lowest BCUT2D eigenvalue weighted by Gasteiger charge is -2.11. The number of rotatable bonds is 4. The van der Waals surface area contributed by atoms with Gasteiger partial charge in [0.2, 0.25) is 0 Å². The van der Waals surface area contributed by atoms with Crippen molar-refractivity contribution in [2.24, 2.45) is 5.92 Å². The highest BCUT2D eigenvalue weighted by Gasteiger charge is 2.03. The maximum Gasteiger partial charge on any atom is -0.0250 e. The Morgan fingerprint density at radius 1 is 1.07 bits per heavy atom. The highest BCUT2D eigenvalue weighted by Crippen LogP contribution is 2.16. The predicted molar refractivity (Wildman–Crippen MR) is 65.7 cm³/mol. The van der Waals surface area contributed by atoms with E-state index in [1.54, 1.807) is 5.56 Å². The van der Waals surface area contributed by atoms with Gasteiger partial charge in [0.05, 0.1) is 0 Å². The molecule has 1 aromatic carbocycles. The molecule has 0 N–H and O–H groups in total. The Labute approximate surface area is 89.4 Å². The molecule has 0 saturated heterocycles. The molecular weight excluding hydrogens is 168 g/mol. The van der Waals surface area contributed by atoms with E-state index in [-0.39, 0.29) is 7.43 Å². The summed E-state index contributed by atoms with van der Waals surface area (Å²) in [6, 6.07) is 8.80. The van der Waals surface area contributed by atoms with E-state index in [1.165, 1.54) is 18.4 Å². The molecule has 1 rings (SSSR count). The number of aryl methyl sites for hydroxylation is 1. The second-order valence-corrected chi connectivity index (χ2v) is 3.84. The molecule has 0 heterocycles. The number of hydrogen-bond donors (Lipinski definition) is 0. The Bertz CT molecular complexity index is 250. The average Bonchev–Trinajstić information content (AvgIpc) is 2.18. The van der Waals surface area contributed by atoms with Crippen LogP contribution in [0, 0.1) is 5.92 Å². The maximum atomic E-state index is 2.33. The normalized spacial score (nSPS) is 11.9. The van der Waals surface area contributed by atoms with E-state index in [9.17, 15) is 0 Å². The molecule has 0 aliphatic heterocycles. The molecule has 0 radical (unpaired) electrons. The van der Waals surface area contributed by atoms with Crippen molar-refractivity contribution in [3.63, 3.8) is 0 Å². The van der Waals surface area contributed by atoms with Crippen molar-refractivity contribution < 1.29 is 0 Å². The van der Waals surface area contributed by atoms with Crippen LogP contribution in [0.25, 0.3) is 0 Å². The monoisotopic (exact) mass is 192 g/mol. The van der Waals surface area contributed by atoms with E-state index >= 15 is 0 Å². The van der Waals surface area contributed by atoms with Crippen molar-refractivity contribution in [3.05, 3.63) is 35.4 Å². The zero-order chi connectivity index (χ0) is 9.68. The van der Waals surface area contributed by atoms with Gasteiger partial charge in [-0.15, -0.1) is 0 Å². The molecule has 1 unspecified atom stereocenters. The van der Waals surface area contributed by atoms with Gasteiger partial charge in [-0.05, 0) is 29.9 Å². The standard InChI is InChI=1S/C13H20.CH4/c1-4-11(3)10-13-9-7-6-8-12(13)5-2;/h6-9,11H,4-5,10H2,1-3H3;1H4. The molecule has 14 heavy (non-hydrogen) atoms. The van der Waals surface area contributed by atoms with Gasteiger partial charge in [-0.3, -0.25) is 0 Å². The second-order valence-electron chi connectivity index (χ2n) is 3.84. The molecule has 0 saturated carbocycles. The molecule has 0 bridgehead atoms. The lowest BCUT2D eigenvalue weighted by Crippen LogP contribution is -2.00. The average molecular weight is 192 g/mol. The van der Waals surface area contributed by atoms with Crippen molar-refractivity contribution in [1.82, 2.24) is 0 Å². The highest BCUT2D eigenvalue weighted by atomic mass is 14.1. The summed E-state index contributed by atoms with van der Waals surface area (Å²) in [7, 11) is 0. The highest BCUT2D eigenvalue weighted by molar-refractivity contribution is 5.27. The van der Waals surface area contributed by atoms with E-state index < -0.39 is 0 Å². The van der Waals surface area contributed by atoms with Crippen molar-refractivity contribution in [2.75, 3.05) is 0 Å². The van der Waals surface area contributed by atoms with Gasteiger partial charge in [0, 0.05) is 0 Å². The fourth-order valence-electron chi connectivity index (χ4n) is 1.62. The minimum Gasteiger partial charge on any atom is -0.0776 e. The van der Waals surface area contributed by atoms with Crippen molar-refractivity contribution in [2.45, 2.75) is 47.5 Å². The second kappa shape index (κ2) is 6.64. The molecule has 80 valence electrons. The Hall–Kier alpha value is -0.780. The van der Waals surface area contributed by atoms with Gasteiger partial charge < -0.3 is 0 Å². The molecule has 0 aliphatic carbocycles. The molecule has 1 atom stereocenters. The summed E-state index contributed by atoms with van der Waals surface area (Å²) in [6.07, 6.45) is 3.67. The van der Waals surface area contributed by atoms with Crippen molar-refractivity contribution in [3.8, 4) is 0 Å². The number of hydrogen-bond acceptors (Lipinski definition) is 0. The Morgan fingerprint density at radius 3 is 2.14 bits per heavy atom. The molecular formula is C14H24. The van der Waals surface area contributed by atoms with Crippen LogP contribution in [0.4, 0.5) is 0 Å².